The van der Waals surface area contributed by atoms with Crippen LogP contribution >= 0.6 is 46.4 Å². The molecule has 2 fully saturated rings. The van der Waals surface area contributed by atoms with Gasteiger partial charge in [-0.3, -0.25) is 0 Å². The molecule has 0 saturated heterocycles. The van der Waals surface area contributed by atoms with Crippen LogP contribution in [0.5, 0.6) is 0 Å². The molecule has 0 aromatic carbocycles. The van der Waals surface area contributed by atoms with Gasteiger partial charge in [-0.15, -0.1) is 46.4 Å². The summed E-state index contributed by atoms with van der Waals surface area (Å²) in [7, 11) is 0. The zero-order chi connectivity index (χ0) is 8.72. The van der Waals surface area contributed by atoms with Crippen molar-refractivity contribution in [3.63, 3.8) is 0 Å². The van der Waals surface area contributed by atoms with Crippen LogP contribution < -0.4 is 0 Å². The van der Waals surface area contributed by atoms with Crippen molar-refractivity contribution < 1.29 is 0 Å². The van der Waals surface area contributed by atoms with Crippen LogP contribution in [-0.4, -0.2) is 20.5 Å². The number of alkyl halides is 4. The molecule has 4 rings (SSSR count). The molecule has 0 radical (unpaired) electrons. The summed E-state index contributed by atoms with van der Waals surface area (Å²) in [6, 6.07) is 0. The number of allylic oxidation sites excluding steroid dienone is 2. The predicted molar refractivity (Wildman–Crippen MR) is 52.6 cm³/mol. The summed E-state index contributed by atoms with van der Waals surface area (Å²) in [6.07, 6.45) is 4.11. The zero-order valence-corrected chi connectivity index (χ0v) is 9.00. The quantitative estimate of drug-likeness (QED) is 0.453. The Bertz CT molecular complexity index is 261. The van der Waals surface area contributed by atoms with E-state index in [0.29, 0.717) is 0 Å². The molecule has 0 unspecified atom stereocenters. The highest BCUT2D eigenvalue weighted by Gasteiger charge is 2.85. The molecule has 0 amide bonds. The van der Waals surface area contributed by atoms with E-state index >= 15 is 0 Å². The molecular formula is C8H6Cl4. The fourth-order valence-electron chi connectivity index (χ4n) is 2.77. The molecule has 0 nitrogen and oxygen atoms in total. The molecule has 4 bridgehead atoms. The van der Waals surface area contributed by atoms with Gasteiger partial charge < -0.3 is 0 Å². The van der Waals surface area contributed by atoms with Crippen molar-refractivity contribution >= 4 is 46.4 Å². The van der Waals surface area contributed by atoms with Gasteiger partial charge in [-0.1, -0.05) is 12.2 Å². The molecule has 0 spiro atoms. The lowest BCUT2D eigenvalue weighted by Gasteiger charge is -2.76. The molecule has 0 aromatic rings. The normalized spacial score (nSPS) is 71.7. The van der Waals surface area contributed by atoms with E-state index < -0.39 is 9.75 Å². The van der Waals surface area contributed by atoms with Crippen LogP contribution in [0.1, 0.15) is 0 Å². The number of rotatable bonds is 0. The maximum atomic E-state index is 6.33. The van der Waals surface area contributed by atoms with Gasteiger partial charge in [-0.05, 0) is 0 Å². The van der Waals surface area contributed by atoms with Crippen LogP contribution in [0, 0.1) is 11.8 Å². The highest BCUT2D eigenvalue weighted by molar-refractivity contribution is 6.49. The molecule has 2 saturated carbocycles. The molecule has 0 aliphatic heterocycles. The molecule has 0 aromatic heterocycles. The first-order valence-corrected chi connectivity index (χ1v) is 5.51. The average Bonchev–Trinajstić information content (AvgIpc) is 2.08. The lowest BCUT2D eigenvalue weighted by molar-refractivity contribution is 0.0114. The van der Waals surface area contributed by atoms with Crippen molar-refractivity contribution in [2.45, 2.75) is 20.5 Å². The first kappa shape index (κ1) is 8.23. The van der Waals surface area contributed by atoms with E-state index in [0.717, 1.165) is 0 Å². The number of halogens is 4. The summed E-state index contributed by atoms with van der Waals surface area (Å²) in [5.41, 5.74) is 0. The minimum Gasteiger partial charge on any atom is -0.120 e. The summed E-state index contributed by atoms with van der Waals surface area (Å²) >= 11 is 24.9. The molecule has 4 heteroatoms. The smallest absolute Gasteiger partial charge is 0.0904 e. The van der Waals surface area contributed by atoms with Gasteiger partial charge in [-0.25, -0.2) is 0 Å². The van der Waals surface area contributed by atoms with E-state index in [4.69, 9.17) is 46.4 Å². The van der Waals surface area contributed by atoms with Crippen molar-refractivity contribution in [3.05, 3.63) is 12.2 Å². The van der Waals surface area contributed by atoms with Crippen molar-refractivity contribution in [1.29, 1.82) is 0 Å². The Kier molecular flexibility index (Phi) is 1.34. The Hall–Kier alpha value is 0.900. The Morgan fingerprint density at radius 3 is 1.42 bits per heavy atom. The lowest BCUT2D eigenvalue weighted by Crippen LogP contribution is -2.88. The second-order valence-electron chi connectivity index (χ2n) is 3.78. The SMILES string of the molecule is Cl[C@H]1[C@@H]2C=C[C@H]3[C@H](Cl)[C@]2(Cl)[C@@]13Cl. The third-order valence-electron chi connectivity index (χ3n) is 3.52. The average molecular weight is 244 g/mol. The maximum Gasteiger partial charge on any atom is 0.0904 e. The second-order valence-corrected chi connectivity index (χ2v) is 5.97. The molecule has 0 N–H and O–H groups in total. The van der Waals surface area contributed by atoms with Crippen molar-refractivity contribution in [2.24, 2.45) is 11.8 Å². The maximum absolute atomic E-state index is 6.33. The Labute approximate surface area is 90.8 Å². The summed E-state index contributed by atoms with van der Waals surface area (Å²) in [4.78, 5) is -0.941. The Balaban J connectivity index is 2.15. The third kappa shape index (κ3) is 0.486. The predicted octanol–water partition coefficient (Wildman–Crippen LogP) is 2.99. The first-order chi connectivity index (χ1) is 5.54. The van der Waals surface area contributed by atoms with Gasteiger partial charge in [0.1, 0.15) is 0 Å². The van der Waals surface area contributed by atoms with Crippen molar-refractivity contribution in [2.75, 3.05) is 0 Å². The van der Waals surface area contributed by atoms with Crippen LogP contribution in [-0.2, 0) is 0 Å². The van der Waals surface area contributed by atoms with Crippen molar-refractivity contribution in [1.82, 2.24) is 0 Å². The summed E-state index contributed by atoms with van der Waals surface area (Å²) in [6.45, 7) is 0. The van der Waals surface area contributed by atoms with Crippen LogP contribution in [0.15, 0.2) is 12.2 Å². The van der Waals surface area contributed by atoms with Gasteiger partial charge in [0, 0.05) is 11.8 Å². The molecule has 4 aliphatic rings. The number of hydrogen-bond donors (Lipinski definition) is 0. The largest absolute Gasteiger partial charge is 0.120 e. The van der Waals surface area contributed by atoms with E-state index in [1.54, 1.807) is 0 Å². The van der Waals surface area contributed by atoms with Gasteiger partial charge in [0.05, 0.1) is 20.5 Å². The van der Waals surface area contributed by atoms with E-state index in [2.05, 4.69) is 12.2 Å². The monoisotopic (exact) mass is 242 g/mol. The van der Waals surface area contributed by atoms with Crippen LogP contribution in [0.3, 0.4) is 0 Å². The molecule has 6 atom stereocenters. The van der Waals surface area contributed by atoms with Gasteiger partial charge in [0.2, 0.25) is 0 Å². The zero-order valence-electron chi connectivity index (χ0n) is 5.98. The molecule has 0 heterocycles. The van der Waals surface area contributed by atoms with E-state index in [9.17, 15) is 0 Å². The fourth-order valence-corrected chi connectivity index (χ4v) is 5.39. The molecule has 66 valence electrons. The van der Waals surface area contributed by atoms with Crippen molar-refractivity contribution in [3.8, 4) is 0 Å². The van der Waals surface area contributed by atoms with Crippen LogP contribution in [0.4, 0.5) is 0 Å². The van der Waals surface area contributed by atoms with Gasteiger partial charge in [0.15, 0.2) is 0 Å². The van der Waals surface area contributed by atoms with Gasteiger partial charge in [-0.2, -0.15) is 0 Å². The third-order valence-corrected chi connectivity index (χ3v) is 6.67. The van der Waals surface area contributed by atoms with Gasteiger partial charge in [0.25, 0.3) is 0 Å². The van der Waals surface area contributed by atoms with E-state index in [1.807, 2.05) is 0 Å². The standard InChI is InChI=1S/C8H6Cl4/c9-5-3-1-2-4-6(10)7(3,11)8(4,5)12/h1-6H/t3-,4-,5-,6-,7-,8-/m0/s1. The molecule has 4 aliphatic carbocycles. The second kappa shape index (κ2) is 1.95. The first-order valence-electron chi connectivity index (χ1n) is 3.89. The fraction of sp³-hybridized carbons (Fsp3) is 0.750. The van der Waals surface area contributed by atoms with Crippen LogP contribution in [0.2, 0.25) is 0 Å². The summed E-state index contributed by atoms with van der Waals surface area (Å²) in [5, 5.41) is -0.0802. The van der Waals surface area contributed by atoms with E-state index in [-0.39, 0.29) is 22.6 Å². The summed E-state index contributed by atoms with van der Waals surface area (Å²) in [5.74, 6) is 0.316. The van der Waals surface area contributed by atoms with Gasteiger partial charge >= 0.3 is 0 Å². The lowest BCUT2D eigenvalue weighted by atomic mass is 9.42. The Morgan fingerprint density at radius 2 is 1.17 bits per heavy atom. The minimum atomic E-state index is -0.470. The molecule has 12 heavy (non-hydrogen) atoms. The highest BCUT2D eigenvalue weighted by atomic mass is 35.5. The van der Waals surface area contributed by atoms with Crippen LogP contribution in [0.25, 0.3) is 0 Å². The van der Waals surface area contributed by atoms with E-state index in [1.165, 1.54) is 0 Å². The minimum absolute atomic E-state index is 0.0401. The topological polar surface area (TPSA) is 0 Å². The molecular weight excluding hydrogens is 238 g/mol. The highest BCUT2D eigenvalue weighted by Crippen LogP contribution is 2.77. The summed E-state index contributed by atoms with van der Waals surface area (Å²) < 4.78 is 0. The Morgan fingerprint density at radius 1 is 0.833 bits per heavy atom. The number of hydrogen-bond acceptors (Lipinski definition) is 0.